The molecule has 4 unspecified atom stereocenters. The van der Waals surface area contributed by atoms with Crippen molar-refractivity contribution in [2.75, 3.05) is 0 Å². The summed E-state index contributed by atoms with van der Waals surface area (Å²) in [7, 11) is 0. The highest BCUT2D eigenvalue weighted by Gasteiger charge is 2.23. The van der Waals surface area contributed by atoms with Crippen LogP contribution in [0.25, 0.3) is 0 Å². The van der Waals surface area contributed by atoms with Gasteiger partial charge in [0, 0.05) is 0 Å². The normalized spacial score (nSPS) is 17.0. The van der Waals surface area contributed by atoms with E-state index in [0.29, 0.717) is 23.7 Å². The first kappa shape index (κ1) is 20.9. The van der Waals surface area contributed by atoms with Crippen molar-refractivity contribution in [1.29, 1.82) is 0 Å². The van der Waals surface area contributed by atoms with Crippen LogP contribution in [0.5, 0.6) is 0 Å². The summed E-state index contributed by atoms with van der Waals surface area (Å²) in [5.41, 5.74) is 0. The van der Waals surface area contributed by atoms with E-state index in [0.717, 1.165) is 0 Å². The van der Waals surface area contributed by atoms with Crippen molar-refractivity contribution in [3.8, 4) is 0 Å². The minimum absolute atomic E-state index is 0.200. The zero-order valence-corrected chi connectivity index (χ0v) is 15.5. The molecule has 0 rings (SSSR count). The molecule has 0 radical (unpaired) electrons. The molecule has 0 fully saturated rings. The van der Waals surface area contributed by atoms with Gasteiger partial charge in [0.2, 0.25) is 0 Å². The van der Waals surface area contributed by atoms with E-state index in [4.69, 9.17) is 0 Å². The Hall–Kier alpha value is -1.06. The first-order valence-electron chi connectivity index (χ1n) is 8.46. The fraction of sp³-hybridized carbons (Fsp3) is 0.889. The summed E-state index contributed by atoms with van der Waals surface area (Å²) >= 11 is 0. The molecule has 4 atom stereocenters. The Balaban J connectivity index is 4.12. The van der Waals surface area contributed by atoms with E-state index in [2.05, 4.69) is 51.3 Å². The SMILES string of the molecule is CC(C)C(C)C(C)CC(=O)OOC(=O)CC(C)C(C)C(C)C. The Labute approximate surface area is 135 Å². The maximum Gasteiger partial charge on any atom is 0.355 e. The quantitative estimate of drug-likeness (QED) is 0.484. The van der Waals surface area contributed by atoms with Crippen LogP contribution in [0.4, 0.5) is 0 Å². The molecule has 0 aromatic heterocycles. The standard InChI is InChI=1S/C18H34O4/c1-11(2)15(7)13(5)9-17(19)21-22-18(20)10-14(6)16(8)12(3)4/h11-16H,9-10H2,1-8H3. The third-order valence-electron chi connectivity index (χ3n) is 5.10. The van der Waals surface area contributed by atoms with Gasteiger partial charge in [0.15, 0.2) is 0 Å². The third-order valence-corrected chi connectivity index (χ3v) is 5.10. The van der Waals surface area contributed by atoms with Gasteiger partial charge < -0.3 is 0 Å². The van der Waals surface area contributed by atoms with E-state index in [9.17, 15) is 9.59 Å². The third kappa shape index (κ3) is 7.81. The molecule has 0 aromatic rings. The molecule has 0 saturated heterocycles. The van der Waals surface area contributed by atoms with E-state index in [1.165, 1.54) is 0 Å². The fourth-order valence-corrected chi connectivity index (χ4v) is 2.37. The van der Waals surface area contributed by atoms with Crippen molar-refractivity contribution in [3.05, 3.63) is 0 Å². The Morgan fingerprint density at radius 3 is 1.14 bits per heavy atom. The van der Waals surface area contributed by atoms with Crippen LogP contribution in [-0.2, 0) is 19.4 Å². The number of hydrogen-bond donors (Lipinski definition) is 0. The second-order valence-corrected chi connectivity index (χ2v) is 7.48. The summed E-state index contributed by atoms with van der Waals surface area (Å²) < 4.78 is 0. The molecule has 4 nitrogen and oxygen atoms in total. The lowest BCUT2D eigenvalue weighted by Gasteiger charge is -2.23. The number of carbonyl (C=O) groups excluding carboxylic acids is 2. The molecule has 0 aromatic carbocycles. The number of hydrogen-bond acceptors (Lipinski definition) is 4. The van der Waals surface area contributed by atoms with Gasteiger partial charge in [-0.15, -0.1) is 0 Å². The minimum Gasteiger partial charge on any atom is -0.247 e. The molecule has 22 heavy (non-hydrogen) atoms. The smallest absolute Gasteiger partial charge is 0.247 e. The molecule has 0 saturated carbocycles. The molecule has 0 heterocycles. The zero-order valence-electron chi connectivity index (χ0n) is 15.5. The van der Waals surface area contributed by atoms with Crippen LogP contribution < -0.4 is 0 Å². The van der Waals surface area contributed by atoms with Crippen LogP contribution >= 0.6 is 0 Å². The molecular weight excluding hydrogens is 280 g/mol. The van der Waals surface area contributed by atoms with E-state index in [-0.39, 0.29) is 24.7 Å². The van der Waals surface area contributed by atoms with Gasteiger partial charge in [-0.1, -0.05) is 55.4 Å². The average molecular weight is 314 g/mol. The topological polar surface area (TPSA) is 52.6 Å². The Morgan fingerprint density at radius 2 is 0.909 bits per heavy atom. The van der Waals surface area contributed by atoms with E-state index >= 15 is 0 Å². The highest BCUT2D eigenvalue weighted by molar-refractivity contribution is 5.73. The Morgan fingerprint density at radius 1 is 0.636 bits per heavy atom. The first-order valence-corrected chi connectivity index (χ1v) is 8.46. The van der Waals surface area contributed by atoms with Crippen molar-refractivity contribution >= 4 is 11.9 Å². The minimum atomic E-state index is -0.474. The molecular formula is C18H34O4. The second-order valence-electron chi connectivity index (χ2n) is 7.48. The summed E-state index contributed by atoms with van der Waals surface area (Å²) in [6, 6.07) is 0. The van der Waals surface area contributed by atoms with Gasteiger partial charge in [0.05, 0.1) is 12.8 Å². The molecule has 0 bridgehead atoms. The van der Waals surface area contributed by atoms with Gasteiger partial charge in [-0.05, 0) is 35.5 Å². The molecule has 0 aliphatic carbocycles. The molecule has 4 heteroatoms. The maximum absolute atomic E-state index is 11.7. The lowest BCUT2D eigenvalue weighted by molar-refractivity contribution is -0.260. The van der Waals surface area contributed by atoms with Crippen LogP contribution in [-0.4, -0.2) is 11.9 Å². The molecule has 0 N–H and O–H groups in total. The second kappa shape index (κ2) is 9.86. The van der Waals surface area contributed by atoms with Gasteiger partial charge in [-0.2, -0.15) is 0 Å². The number of rotatable bonds is 8. The van der Waals surface area contributed by atoms with Crippen molar-refractivity contribution < 1.29 is 19.4 Å². The highest BCUT2D eigenvalue weighted by Crippen LogP contribution is 2.24. The summed E-state index contributed by atoms with van der Waals surface area (Å²) in [5, 5.41) is 0. The zero-order chi connectivity index (χ0) is 17.4. The molecule has 0 aliphatic rings. The van der Waals surface area contributed by atoms with Crippen molar-refractivity contribution in [2.45, 2.75) is 68.2 Å². The van der Waals surface area contributed by atoms with Gasteiger partial charge in [-0.3, -0.25) is 0 Å². The average Bonchev–Trinajstić information content (AvgIpc) is 2.42. The Bertz CT molecular complexity index is 315. The van der Waals surface area contributed by atoms with Crippen molar-refractivity contribution in [1.82, 2.24) is 0 Å². The summed E-state index contributed by atoms with van der Waals surface area (Å²) in [4.78, 5) is 32.7. The molecule has 130 valence electrons. The van der Waals surface area contributed by atoms with E-state index < -0.39 is 11.9 Å². The van der Waals surface area contributed by atoms with Gasteiger partial charge in [0.1, 0.15) is 0 Å². The molecule has 0 spiro atoms. The first-order chi connectivity index (χ1) is 10.1. The predicted molar refractivity (Wildman–Crippen MR) is 87.8 cm³/mol. The van der Waals surface area contributed by atoms with Gasteiger partial charge in [-0.25, -0.2) is 19.4 Å². The van der Waals surface area contributed by atoms with Crippen molar-refractivity contribution in [2.24, 2.45) is 35.5 Å². The lowest BCUT2D eigenvalue weighted by Crippen LogP contribution is -2.22. The van der Waals surface area contributed by atoms with Gasteiger partial charge >= 0.3 is 11.9 Å². The summed E-state index contributed by atoms with van der Waals surface area (Å²) in [6.07, 6.45) is 0.537. The molecule has 0 aliphatic heterocycles. The van der Waals surface area contributed by atoms with Crippen LogP contribution in [0, 0.1) is 35.5 Å². The monoisotopic (exact) mass is 314 g/mol. The van der Waals surface area contributed by atoms with Crippen molar-refractivity contribution in [3.63, 3.8) is 0 Å². The van der Waals surface area contributed by atoms with Crippen LogP contribution in [0.3, 0.4) is 0 Å². The van der Waals surface area contributed by atoms with Crippen LogP contribution in [0.15, 0.2) is 0 Å². The summed E-state index contributed by atoms with van der Waals surface area (Å²) in [5.74, 6) is 1.28. The lowest BCUT2D eigenvalue weighted by atomic mass is 9.84. The fourth-order valence-electron chi connectivity index (χ4n) is 2.37. The Kier molecular flexibility index (Phi) is 9.38. The van der Waals surface area contributed by atoms with E-state index in [1.807, 2.05) is 13.8 Å². The predicted octanol–water partition coefficient (Wildman–Crippen LogP) is 4.62. The summed E-state index contributed by atoms with van der Waals surface area (Å²) in [6.45, 7) is 16.8. The van der Waals surface area contributed by atoms with Crippen LogP contribution in [0.2, 0.25) is 0 Å². The van der Waals surface area contributed by atoms with Gasteiger partial charge in [0.25, 0.3) is 0 Å². The largest absolute Gasteiger partial charge is 0.355 e. The highest BCUT2D eigenvalue weighted by atomic mass is 17.2. The van der Waals surface area contributed by atoms with E-state index in [1.54, 1.807) is 0 Å². The molecule has 0 amide bonds. The van der Waals surface area contributed by atoms with Crippen LogP contribution in [0.1, 0.15) is 68.2 Å². The number of carbonyl (C=O) groups is 2. The maximum atomic E-state index is 11.7.